The highest BCUT2D eigenvalue weighted by molar-refractivity contribution is 5.94. The molecule has 13 heteroatoms. The van der Waals surface area contributed by atoms with Crippen LogP contribution in [0.2, 0.25) is 0 Å². The van der Waals surface area contributed by atoms with Gasteiger partial charge in [0.05, 0.1) is 13.7 Å². The van der Waals surface area contributed by atoms with Crippen LogP contribution in [0.15, 0.2) is 15.7 Å². The normalized spacial score (nSPS) is 12.3. The Balaban J connectivity index is 2.59. The van der Waals surface area contributed by atoms with E-state index in [9.17, 15) is 19.7 Å². The summed E-state index contributed by atoms with van der Waals surface area (Å²) in [6.07, 6.45) is 1.70. The minimum atomic E-state index is -0.933. The summed E-state index contributed by atoms with van der Waals surface area (Å²) in [5.41, 5.74) is 7.00. The number of oxazole rings is 1. The molecule has 26 heavy (non-hydrogen) atoms. The zero-order chi connectivity index (χ0) is 19.5. The Hall–Kier alpha value is -3.22. The number of amides is 1. The maximum Gasteiger partial charge on any atom is 0.328 e. The monoisotopic (exact) mass is 371 g/mol. The third-order valence-electron chi connectivity index (χ3n) is 3.04. The molecule has 0 fully saturated rings. The van der Waals surface area contributed by atoms with Crippen LogP contribution in [0, 0.1) is 10.1 Å². The van der Waals surface area contributed by atoms with Crippen molar-refractivity contribution in [3.8, 4) is 0 Å². The Morgan fingerprint density at radius 1 is 1.54 bits per heavy atom. The van der Waals surface area contributed by atoms with E-state index in [1.807, 2.05) is 0 Å². The number of hydrazine groups is 1. The van der Waals surface area contributed by atoms with Gasteiger partial charge < -0.3 is 25.5 Å². The number of nitro groups is 1. The quantitative estimate of drug-likeness (QED) is 0.0945. The summed E-state index contributed by atoms with van der Waals surface area (Å²) in [7, 11) is 2.90. The summed E-state index contributed by atoms with van der Waals surface area (Å²) < 4.78 is 9.76. The molecule has 1 aromatic rings. The number of carbonyl (C=O) groups is 2. The fourth-order valence-corrected chi connectivity index (χ4v) is 1.89. The van der Waals surface area contributed by atoms with Crippen LogP contribution in [0.1, 0.15) is 29.2 Å². The Morgan fingerprint density at radius 2 is 2.27 bits per heavy atom. The van der Waals surface area contributed by atoms with Gasteiger partial charge in [-0.2, -0.15) is 0 Å². The maximum atomic E-state index is 12.2. The smallest absolute Gasteiger partial charge is 0.328 e. The molecule has 0 aromatic carbocycles. The highest BCUT2D eigenvalue weighted by Gasteiger charge is 2.23. The SMILES string of the molecule is CNCc1nc(C(=O)NC(CCCN=C(N)N[N+](=O)[O-])C(=O)OC)co1. The summed E-state index contributed by atoms with van der Waals surface area (Å²) in [5, 5.41) is 14.7. The minimum Gasteiger partial charge on any atom is -0.467 e. The summed E-state index contributed by atoms with van der Waals surface area (Å²) in [5.74, 6) is -1.26. The van der Waals surface area contributed by atoms with Crippen molar-refractivity contribution in [2.75, 3.05) is 20.7 Å². The number of carbonyl (C=O) groups excluding carboxylic acids is 2. The fraction of sp³-hybridized carbons (Fsp3) is 0.538. The van der Waals surface area contributed by atoms with Crippen molar-refractivity contribution >= 4 is 17.8 Å². The predicted octanol–water partition coefficient (Wildman–Crippen LogP) is -1.46. The Bertz CT molecular complexity index is 659. The molecule has 13 nitrogen and oxygen atoms in total. The number of hydrogen-bond donors (Lipinski definition) is 4. The van der Waals surface area contributed by atoms with Gasteiger partial charge in [-0.3, -0.25) is 4.79 Å². The van der Waals surface area contributed by atoms with E-state index in [1.54, 1.807) is 12.5 Å². The Kier molecular flexibility index (Phi) is 8.49. The minimum absolute atomic E-state index is 0.0293. The van der Waals surface area contributed by atoms with Crippen LogP contribution >= 0.6 is 0 Å². The first-order chi connectivity index (χ1) is 12.4. The number of nitrogens with two attached hydrogens (primary N) is 1. The van der Waals surface area contributed by atoms with E-state index in [0.717, 1.165) is 0 Å². The average molecular weight is 371 g/mol. The van der Waals surface area contributed by atoms with Crippen LogP contribution in [0.3, 0.4) is 0 Å². The molecule has 5 N–H and O–H groups in total. The molecule has 0 bridgehead atoms. The number of hydrogen-bond acceptors (Lipinski definition) is 9. The molecule has 1 aromatic heterocycles. The van der Waals surface area contributed by atoms with E-state index in [2.05, 4.69) is 25.3 Å². The summed E-state index contributed by atoms with van der Waals surface area (Å²) >= 11 is 0. The topological polar surface area (TPSA) is 187 Å². The van der Waals surface area contributed by atoms with Gasteiger partial charge in [-0.15, -0.1) is 0 Å². The van der Waals surface area contributed by atoms with Gasteiger partial charge in [0, 0.05) is 6.54 Å². The molecule has 1 unspecified atom stereocenters. The van der Waals surface area contributed by atoms with Crippen molar-refractivity contribution in [1.29, 1.82) is 0 Å². The lowest BCUT2D eigenvalue weighted by Gasteiger charge is -2.15. The number of esters is 1. The highest BCUT2D eigenvalue weighted by atomic mass is 16.7. The lowest BCUT2D eigenvalue weighted by atomic mass is 10.1. The van der Waals surface area contributed by atoms with Gasteiger partial charge in [0.15, 0.2) is 10.7 Å². The largest absolute Gasteiger partial charge is 0.467 e. The molecule has 1 heterocycles. The number of aromatic nitrogens is 1. The zero-order valence-electron chi connectivity index (χ0n) is 14.4. The van der Waals surface area contributed by atoms with Gasteiger partial charge in [-0.05, 0) is 19.9 Å². The van der Waals surface area contributed by atoms with Gasteiger partial charge >= 0.3 is 5.97 Å². The average Bonchev–Trinajstić information content (AvgIpc) is 3.05. The molecule has 0 saturated carbocycles. The third kappa shape index (κ3) is 7.12. The van der Waals surface area contributed by atoms with Crippen LogP contribution in [0.4, 0.5) is 0 Å². The van der Waals surface area contributed by atoms with Crippen LogP contribution in [0.25, 0.3) is 0 Å². The number of nitrogens with one attached hydrogen (secondary N) is 3. The molecule has 0 saturated heterocycles. The van der Waals surface area contributed by atoms with E-state index in [4.69, 9.17) is 10.2 Å². The molecular formula is C13H21N7O6. The molecule has 0 aliphatic carbocycles. The zero-order valence-corrected chi connectivity index (χ0v) is 14.4. The van der Waals surface area contributed by atoms with Crippen molar-refractivity contribution < 1.29 is 23.8 Å². The molecule has 1 atom stereocenters. The van der Waals surface area contributed by atoms with Crippen molar-refractivity contribution in [3.63, 3.8) is 0 Å². The second kappa shape index (κ2) is 10.6. The van der Waals surface area contributed by atoms with Gasteiger partial charge in [0.1, 0.15) is 12.3 Å². The second-order valence-corrected chi connectivity index (χ2v) is 4.98. The molecule has 1 amide bonds. The third-order valence-corrected chi connectivity index (χ3v) is 3.04. The first-order valence-corrected chi connectivity index (χ1v) is 7.56. The van der Waals surface area contributed by atoms with Crippen molar-refractivity contribution in [1.82, 2.24) is 21.0 Å². The van der Waals surface area contributed by atoms with Crippen molar-refractivity contribution in [3.05, 3.63) is 28.0 Å². The number of methoxy groups -OCH3 is 1. The lowest BCUT2D eigenvalue weighted by molar-refractivity contribution is -0.525. The second-order valence-electron chi connectivity index (χ2n) is 4.98. The van der Waals surface area contributed by atoms with Crippen molar-refractivity contribution in [2.24, 2.45) is 10.7 Å². The number of aliphatic imine (C=N–C) groups is 1. The molecule has 0 radical (unpaired) electrons. The van der Waals surface area contributed by atoms with Crippen LogP contribution in [-0.4, -0.2) is 54.6 Å². The molecule has 0 aliphatic rings. The van der Waals surface area contributed by atoms with E-state index in [1.165, 1.54) is 13.4 Å². The van der Waals surface area contributed by atoms with Gasteiger partial charge in [-0.25, -0.2) is 24.9 Å². The molecule has 144 valence electrons. The molecule has 0 spiro atoms. The Labute approximate surface area is 148 Å². The van der Waals surface area contributed by atoms with Crippen molar-refractivity contribution in [2.45, 2.75) is 25.4 Å². The van der Waals surface area contributed by atoms with E-state index in [-0.39, 0.29) is 24.6 Å². The molecular weight excluding hydrogens is 350 g/mol. The molecule has 1 rings (SSSR count). The first kappa shape index (κ1) is 20.8. The highest BCUT2D eigenvalue weighted by Crippen LogP contribution is 2.05. The van der Waals surface area contributed by atoms with E-state index < -0.39 is 23.0 Å². The number of guanidine groups is 1. The van der Waals surface area contributed by atoms with Gasteiger partial charge in [-0.1, -0.05) is 5.43 Å². The van der Waals surface area contributed by atoms with Gasteiger partial charge in [0.2, 0.25) is 5.89 Å². The van der Waals surface area contributed by atoms with Crippen LogP contribution in [-0.2, 0) is 16.1 Å². The lowest BCUT2D eigenvalue weighted by Crippen LogP contribution is -2.41. The summed E-state index contributed by atoms with van der Waals surface area (Å²) in [6, 6.07) is -0.933. The van der Waals surface area contributed by atoms with E-state index in [0.29, 0.717) is 18.9 Å². The summed E-state index contributed by atoms with van der Waals surface area (Å²) in [4.78, 5) is 41.9. The predicted molar refractivity (Wildman–Crippen MR) is 88.4 cm³/mol. The number of rotatable bonds is 10. The molecule has 0 aliphatic heterocycles. The Morgan fingerprint density at radius 3 is 2.88 bits per heavy atom. The fourth-order valence-electron chi connectivity index (χ4n) is 1.89. The number of ether oxygens (including phenoxy) is 1. The summed E-state index contributed by atoms with van der Waals surface area (Å²) in [6.45, 7) is 0.470. The first-order valence-electron chi connectivity index (χ1n) is 7.56. The number of nitrogens with zero attached hydrogens (tertiary/aromatic N) is 3. The van der Waals surface area contributed by atoms with Crippen LogP contribution in [0.5, 0.6) is 0 Å². The standard InChI is InChI=1S/C13H21N7O6/c1-15-6-10-17-9(7-26-10)11(21)18-8(12(22)25-2)4-3-5-16-13(14)19-20(23)24/h7-8,15H,3-6H2,1-2H3,(H,18,21)(H3,14,16,19). The van der Waals surface area contributed by atoms with Crippen LogP contribution < -0.4 is 21.8 Å². The maximum absolute atomic E-state index is 12.2. The van der Waals surface area contributed by atoms with E-state index >= 15 is 0 Å². The van der Waals surface area contributed by atoms with Gasteiger partial charge in [0.25, 0.3) is 11.9 Å².